The van der Waals surface area contributed by atoms with Gasteiger partial charge in [-0.25, -0.2) is 0 Å². The fourth-order valence-electron chi connectivity index (χ4n) is 1.91. The van der Waals surface area contributed by atoms with Crippen molar-refractivity contribution in [1.29, 1.82) is 5.26 Å². The van der Waals surface area contributed by atoms with Crippen LogP contribution in [0.25, 0.3) is 0 Å². The summed E-state index contributed by atoms with van der Waals surface area (Å²) in [6.07, 6.45) is 4.19. The van der Waals surface area contributed by atoms with Gasteiger partial charge in [-0.15, -0.1) is 0 Å². The maximum Gasteiger partial charge on any atom is 0.153 e. The molecule has 0 saturated heterocycles. The first-order chi connectivity index (χ1) is 6.25. The number of hydrogen-bond donors (Lipinski definition) is 1. The van der Waals surface area contributed by atoms with Gasteiger partial charge >= 0.3 is 0 Å². The van der Waals surface area contributed by atoms with Gasteiger partial charge in [0.2, 0.25) is 0 Å². The van der Waals surface area contributed by atoms with E-state index in [1.807, 2.05) is 0 Å². The first-order valence-electron chi connectivity index (χ1n) is 4.80. The van der Waals surface area contributed by atoms with Crippen LogP contribution in [0.5, 0.6) is 0 Å². The molecule has 1 N–H and O–H groups in total. The molecule has 1 fully saturated rings. The maximum absolute atomic E-state index is 11.5. The van der Waals surface area contributed by atoms with Gasteiger partial charge in [0.1, 0.15) is 5.41 Å². The molecule has 3 heteroatoms. The highest BCUT2D eigenvalue weighted by Gasteiger charge is 2.39. The summed E-state index contributed by atoms with van der Waals surface area (Å²) in [7, 11) is 0. The fourth-order valence-corrected chi connectivity index (χ4v) is 1.91. The van der Waals surface area contributed by atoms with E-state index in [1.165, 1.54) is 0 Å². The summed E-state index contributed by atoms with van der Waals surface area (Å²) in [5, 5.41) is 17.7. The van der Waals surface area contributed by atoms with E-state index in [4.69, 9.17) is 10.4 Å². The van der Waals surface area contributed by atoms with Crippen molar-refractivity contribution in [1.82, 2.24) is 0 Å². The molecule has 1 unspecified atom stereocenters. The lowest BCUT2D eigenvalue weighted by molar-refractivity contribution is -0.128. The molecule has 1 saturated carbocycles. The lowest BCUT2D eigenvalue weighted by Gasteiger charge is -2.28. The lowest BCUT2D eigenvalue weighted by Crippen LogP contribution is -2.32. The van der Waals surface area contributed by atoms with E-state index in [0.717, 1.165) is 12.8 Å². The average Bonchev–Trinajstić information content (AvgIpc) is 2.17. The summed E-state index contributed by atoms with van der Waals surface area (Å²) >= 11 is 0. The maximum atomic E-state index is 11.5. The fraction of sp³-hybridized carbons (Fsp3) is 0.800. The minimum absolute atomic E-state index is 0.0662. The smallest absolute Gasteiger partial charge is 0.153 e. The van der Waals surface area contributed by atoms with E-state index >= 15 is 0 Å². The van der Waals surface area contributed by atoms with Gasteiger partial charge in [-0.1, -0.05) is 6.42 Å². The van der Waals surface area contributed by atoms with E-state index in [9.17, 15) is 4.79 Å². The third-order valence-electron chi connectivity index (χ3n) is 2.77. The molecule has 1 atom stereocenters. The zero-order valence-corrected chi connectivity index (χ0v) is 7.75. The third kappa shape index (κ3) is 2.07. The van der Waals surface area contributed by atoms with Crippen molar-refractivity contribution in [2.24, 2.45) is 5.41 Å². The molecule has 1 rings (SSSR count). The number of aliphatic hydroxyl groups is 1. The molecule has 0 radical (unpaired) electrons. The topological polar surface area (TPSA) is 61.1 Å². The molecule has 0 aromatic heterocycles. The number of carbonyl (C=O) groups is 1. The second-order valence-electron chi connectivity index (χ2n) is 3.65. The molecule has 1 aliphatic carbocycles. The Morgan fingerprint density at radius 3 is 2.85 bits per heavy atom. The van der Waals surface area contributed by atoms with E-state index in [0.29, 0.717) is 25.7 Å². The Hall–Kier alpha value is -0.880. The number of carbonyl (C=O) groups excluding carboxylic acids is 1. The number of nitrogens with zero attached hydrogens (tertiary/aromatic N) is 1. The first kappa shape index (κ1) is 10.2. The van der Waals surface area contributed by atoms with Gasteiger partial charge in [-0.3, -0.25) is 4.79 Å². The summed E-state index contributed by atoms with van der Waals surface area (Å²) in [4.78, 5) is 11.5. The van der Waals surface area contributed by atoms with Crippen molar-refractivity contribution in [2.75, 3.05) is 6.61 Å². The molecule has 0 heterocycles. The Morgan fingerprint density at radius 1 is 1.54 bits per heavy atom. The third-order valence-corrected chi connectivity index (χ3v) is 2.77. The van der Waals surface area contributed by atoms with Crippen molar-refractivity contribution in [3.8, 4) is 6.07 Å². The second kappa shape index (κ2) is 4.38. The molecule has 0 bridgehead atoms. The quantitative estimate of drug-likeness (QED) is 0.716. The summed E-state index contributed by atoms with van der Waals surface area (Å²) in [6.45, 7) is 0.0662. The predicted molar refractivity (Wildman–Crippen MR) is 47.8 cm³/mol. The Bertz CT molecular complexity index is 232. The molecule has 0 aliphatic heterocycles. The van der Waals surface area contributed by atoms with Crippen LogP contribution in [0.4, 0.5) is 0 Å². The van der Waals surface area contributed by atoms with Gasteiger partial charge in [0.25, 0.3) is 0 Å². The first-order valence-corrected chi connectivity index (χ1v) is 4.80. The van der Waals surface area contributed by atoms with Crippen LogP contribution in [0, 0.1) is 16.7 Å². The van der Waals surface area contributed by atoms with Gasteiger partial charge in [0.05, 0.1) is 6.07 Å². The van der Waals surface area contributed by atoms with Crippen LogP contribution in [0.2, 0.25) is 0 Å². The zero-order chi connectivity index (χ0) is 9.73. The molecule has 0 aromatic rings. The van der Waals surface area contributed by atoms with Crippen LogP contribution in [0.1, 0.15) is 38.5 Å². The average molecular weight is 181 g/mol. The highest BCUT2D eigenvalue weighted by atomic mass is 16.3. The van der Waals surface area contributed by atoms with Crippen molar-refractivity contribution >= 4 is 5.78 Å². The largest absolute Gasteiger partial charge is 0.396 e. The van der Waals surface area contributed by atoms with Crippen LogP contribution in [-0.2, 0) is 4.79 Å². The van der Waals surface area contributed by atoms with Crippen LogP contribution in [-0.4, -0.2) is 17.5 Å². The summed E-state index contributed by atoms with van der Waals surface area (Å²) in [6, 6.07) is 2.14. The Balaban J connectivity index is 2.66. The molecule has 13 heavy (non-hydrogen) atoms. The molecular weight excluding hydrogens is 166 g/mol. The minimum Gasteiger partial charge on any atom is -0.396 e. The minimum atomic E-state index is -0.763. The number of hydrogen-bond acceptors (Lipinski definition) is 3. The molecular formula is C10H15NO2. The predicted octanol–water partition coefficient (Wildman–Crippen LogP) is 1.41. The summed E-state index contributed by atoms with van der Waals surface area (Å²) < 4.78 is 0. The molecule has 3 nitrogen and oxygen atoms in total. The van der Waals surface area contributed by atoms with E-state index in [2.05, 4.69) is 6.07 Å². The molecule has 0 aromatic carbocycles. The summed E-state index contributed by atoms with van der Waals surface area (Å²) in [5.74, 6) is 0.0784. The van der Waals surface area contributed by atoms with E-state index in [1.54, 1.807) is 0 Å². The van der Waals surface area contributed by atoms with Crippen LogP contribution < -0.4 is 0 Å². The zero-order valence-electron chi connectivity index (χ0n) is 7.75. The van der Waals surface area contributed by atoms with E-state index in [-0.39, 0.29) is 12.4 Å². The number of Topliss-reactive ketones (excluding diaryl/α,β-unsaturated/α-hetero) is 1. The lowest BCUT2D eigenvalue weighted by atomic mass is 9.71. The van der Waals surface area contributed by atoms with Gasteiger partial charge in [0.15, 0.2) is 5.78 Å². The highest BCUT2D eigenvalue weighted by Crippen LogP contribution is 2.36. The van der Waals surface area contributed by atoms with E-state index < -0.39 is 5.41 Å². The Kier molecular flexibility index (Phi) is 3.44. The van der Waals surface area contributed by atoms with Crippen LogP contribution >= 0.6 is 0 Å². The van der Waals surface area contributed by atoms with Crippen molar-refractivity contribution in [3.05, 3.63) is 0 Å². The normalized spacial score (nSPS) is 28.5. The number of aliphatic hydroxyl groups excluding tert-OH is 1. The Morgan fingerprint density at radius 2 is 2.31 bits per heavy atom. The molecule has 72 valence electrons. The number of nitriles is 1. The van der Waals surface area contributed by atoms with Gasteiger partial charge < -0.3 is 5.11 Å². The molecule has 0 amide bonds. The van der Waals surface area contributed by atoms with Crippen LogP contribution in [0.15, 0.2) is 0 Å². The van der Waals surface area contributed by atoms with Crippen molar-refractivity contribution in [2.45, 2.75) is 38.5 Å². The second-order valence-corrected chi connectivity index (χ2v) is 3.65. The van der Waals surface area contributed by atoms with Gasteiger partial charge in [-0.2, -0.15) is 5.26 Å². The Labute approximate surface area is 78.4 Å². The number of rotatable bonds is 3. The monoisotopic (exact) mass is 181 g/mol. The highest BCUT2D eigenvalue weighted by molar-refractivity contribution is 5.88. The van der Waals surface area contributed by atoms with Crippen LogP contribution in [0.3, 0.4) is 0 Å². The standard InChI is InChI=1S/C10H15NO2/c11-8-10(6-3-7-12)5-2-1-4-9(10)13/h12H,1-7H2. The van der Waals surface area contributed by atoms with Gasteiger partial charge in [0, 0.05) is 13.0 Å². The van der Waals surface area contributed by atoms with Gasteiger partial charge in [-0.05, 0) is 25.7 Å². The number of ketones is 1. The molecule has 1 aliphatic rings. The van der Waals surface area contributed by atoms with Crippen molar-refractivity contribution in [3.63, 3.8) is 0 Å². The summed E-state index contributed by atoms with van der Waals surface area (Å²) in [5.41, 5.74) is -0.763. The molecule has 0 spiro atoms. The van der Waals surface area contributed by atoms with Crippen molar-refractivity contribution < 1.29 is 9.90 Å². The SMILES string of the molecule is N#CC1(CCCO)CCCCC1=O.